The van der Waals surface area contributed by atoms with Crippen LogP contribution in [0.5, 0.6) is 0 Å². The number of carbonyl (C=O) groups excluding carboxylic acids is 2. The molecule has 0 saturated carbocycles. The van der Waals surface area contributed by atoms with Crippen LogP contribution >= 0.6 is 0 Å². The fourth-order valence-corrected chi connectivity index (χ4v) is 6.65. The lowest BCUT2D eigenvalue weighted by Gasteiger charge is -2.34. The maximum Gasteiger partial charge on any atom is 0.407 e. The number of pyridine rings is 1. The number of nitrogens with zero attached hydrogens (tertiary/aromatic N) is 2. The zero-order valence-electron chi connectivity index (χ0n) is 24.0. The molecule has 1 fully saturated rings. The average molecular weight is 637 g/mol. The third kappa shape index (κ3) is 8.18. The van der Waals surface area contributed by atoms with E-state index >= 15 is 4.39 Å². The molecule has 14 heteroatoms. The van der Waals surface area contributed by atoms with Gasteiger partial charge in [-0.1, -0.05) is 12.1 Å². The molecule has 2 N–H and O–H groups in total. The van der Waals surface area contributed by atoms with Crippen molar-refractivity contribution in [3.8, 4) is 0 Å². The number of hydrogen-bond acceptors (Lipinski definition) is 7. The molecule has 0 aliphatic carbocycles. The van der Waals surface area contributed by atoms with E-state index in [1.807, 2.05) is 0 Å². The number of carbonyl (C=O) groups is 2. The fraction of sp³-hybridized carbons (Fsp3) is 0.367. The molecule has 1 aliphatic rings. The number of amides is 1. The summed E-state index contributed by atoms with van der Waals surface area (Å²) < 4.78 is 88.3. The summed E-state index contributed by atoms with van der Waals surface area (Å²) in [5.74, 6) is -5.06. The van der Waals surface area contributed by atoms with Gasteiger partial charge in [0.15, 0.2) is 5.78 Å². The summed E-state index contributed by atoms with van der Waals surface area (Å²) in [5, 5.41) is 5.57. The molecular formula is C30H32F4N4O5S. The number of ketones is 1. The number of rotatable bonds is 11. The van der Waals surface area contributed by atoms with Crippen molar-refractivity contribution in [3.05, 3.63) is 100 Å². The number of sulfonamides is 1. The first kappa shape index (κ1) is 33.0. The van der Waals surface area contributed by atoms with Gasteiger partial charge >= 0.3 is 6.09 Å². The smallest absolute Gasteiger partial charge is 0.407 e. The van der Waals surface area contributed by atoms with Crippen LogP contribution in [0.15, 0.2) is 54.9 Å². The summed E-state index contributed by atoms with van der Waals surface area (Å²) in [4.78, 5) is 30.3. The van der Waals surface area contributed by atoms with Crippen LogP contribution in [0.1, 0.15) is 34.6 Å². The number of methoxy groups -OCH3 is 1. The molecule has 1 saturated heterocycles. The number of benzene rings is 2. The molecule has 2 heterocycles. The Balaban J connectivity index is 1.70. The van der Waals surface area contributed by atoms with Gasteiger partial charge in [0.05, 0.1) is 19.6 Å². The van der Waals surface area contributed by atoms with E-state index in [-0.39, 0.29) is 41.6 Å². The lowest BCUT2D eigenvalue weighted by atomic mass is 9.81. The third-order valence-corrected chi connectivity index (χ3v) is 8.85. The lowest BCUT2D eigenvalue weighted by Crippen LogP contribution is -2.53. The highest BCUT2D eigenvalue weighted by atomic mass is 32.2. The van der Waals surface area contributed by atoms with Crippen molar-refractivity contribution in [3.63, 3.8) is 0 Å². The van der Waals surface area contributed by atoms with Gasteiger partial charge in [0, 0.05) is 50.3 Å². The summed E-state index contributed by atoms with van der Waals surface area (Å²) in [5.41, 5.74) is 0.561. The molecule has 2 aromatic carbocycles. The number of nitrogens with one attached hydrogen (secondary N) is 2. The van der Waals surface area contributed by atoms with Gasteiger partial charge in [-0.3, -0.25) is 9.78 Å². The zero-order valence-corrected chi connectivity index (χ0v) is 24.8. The number of halogens is 4. The number of Topliss-reactive ketones (excluding diaryl/α,β-unsaturated/α-hetero) is 1. The second-order valence-electron chi connectivity index (χ2n) is 10.5. The normalized spacial score (nSPS) is 17.1. The number of hydrogen-bond donors (Lipinski definition) is 2. The van der Waals surface area contributed by atoms with Crippen LogP contribution in [0.3, 0.4) is 0 Å². The Morgan fingerprint density at radius 2 is 1.73 bits per heavy atom. The van der Waals surface area contributed by atoms with Crippen molar-refractivity contribution in [2.75, 3.05) is 33.0 Å². The zero-order chi connectivity index (χ0) is 32.0. The van der Waals surface area contributed by atoms with Gasteiger partial charge in [-0.15, -0.1) is 0 Å². The van der Waals surface area contributed by atoms with Crippen LogP contribution in [-0.2, 0) is 32.4 Å². The van der Waals surface area contributed by atoms with Gasteiger partial charge < -0.3 is 15.4 Å². The summed E-state index contributed by atoms with van der Waals surface area (Å²) >= 11 is 0. The van der Waals surface area contributed by atoms with E-state index in [1.54, 1.807) is 0 Å². The van der Waals surface area contributed by atoms with Gasteiger partial charge in [0.2, 0.25) is 10.0 Å². The van der Waals surface area contributed by atoms with Crippen LogP contribution in [-0.4, -0.2) is 74.7 Å². The lowest BCUT2D eigenvalue weighted by molar-refractivity contribution is -0.120. The van der Waals surface area contributed by atoms with Crippen molar-refractivity contribution in [2.24, 2.45) is 0 Å². The van der Waals surface area contributed by atoms with Crippen LogP contribution in [0.4, 0.5) is 22.4 Å². The number of alkyl carbamates (subject to hydrolysis) is 1. The highest BCUT2D eigenvalue weighted by Gasteiger charge is 2.34. The molecule has 1 aromatic heterocycles. The predicted octanol–water partition coefficient (Wildman–Crippen LogP) is 3.47. The minimum absolute atomic E-state index is 0.0212. The van der Waals surface area contributed by atoms with Crippen LogP contribution in [0.2, 0.25) is 0 Å². The molecule has 0 spiro atoms. The highest BCUT2D eigenvalue weighted by Crippen LogP contribution is 2.31. The van der Waals surface area contributed by atoms with E-state index in [4.69, 9.17) is 4.74 Å². The topological polar surface area (TPSA) is 118 Å². The van der Waals surface area contributed by atoms with Gasteiger partial charge in [-0.05, 0) is 59.4 Å². The van der Waals surface area contributed by atoms with Crippen molar-refractivity contribution < 1.29 is 40.3 Å². The van der Waals surface area contributed by atoms with E-state index in [0.717, 1.165) is 43.8 Å². The van der Waals surface area contributed by atoms with E-state index in [0.29, 0.717) is 19.2 Å². The van der Waals surface area contributed by atoms with E-state index in [1.165, 1.54) is 22.6 Å². The Kier molecular flexibility index (Phi) is 10.7. The van der Waals surface area contributed by atoms with Gasteiger partial charge in [-0.2, -0.15) is 4.31 Å². The average Bonchev–Trinajstić information content (AvgIpc) is 2.96. The third-order valence-electron chi connectivity index (χ3n) is 7.52. The molecule has 3 aromatic rings. The molecule has 0 unspecified atom stereocenters. The van der Waals surface area contributed by atoms with Crippen LogP contribution in [0.25, 0.3) is 0 Å². The summed E-state index contributed by atoms with van der Waals surface area (Å²) in [6.07, 6.45) is 2.23. The van der Waals surface area contributed by atoms with Gasteiger partial charge in [0.25, 0.3) is 0 Å². The fourth-order valence-electron chi connectivity index (χ4n) is 5.51. The molecule has 9 nitrogen and oxygen atoms in total. The summed E-state index contributed by atoms with van der Waals surface area (Å²) in [6.45, 7) is 1.11. The monoisotopic (exact) mass is 636 g/mol. The first-order valence-corrected chi connectivity index (χ1v) is 15.6. The standard InChI is InChI=1S/C30H32F4N4O5S/c1-43-30(40)37-29(28(18-3-5-21(31)6-4-18)19-11-22(32)14-23(33)12-19)27(39)13-20-15-36-17-26(34)25(20)8-7-24-16-35-9-10-38(24)44(2,41)42/h3-6,11-12,14-15,17,24,28-29,35H,7-10,13,16H2,1-2H3,(H,37,40)/t24-,28-,29+/m0/s1. The van der Waals surface area contributed by atoms with Crippen molar-refractivity contribution in [2.45, 2.75) is 37.3 Å². The molecule has 44 heavy (non-hydrogen) atoms. The minimum Gasteiger partial charge on any atom is -0.453 e. The number of aromatic nitrogens is 1. The summed E-state index contributed by atoms with van der Waals surface area (Å²) in [6, 6.07) is 5.55. The van der Waals surface area contributed by atoms with Crippen molar-refractivity contribution in [1.29, 1.82) is 0 Å². The second-order valence-corrected chi connectivity index (χ2v) is 12.5. The predicted molar refractivity (Wildman–Crippen MR) is 153 cm³/mol. The maximum absolute atomic E-state index is 15.1. The van der Waals surface area contributed by atoms with E-state index < -0.39 is 69.6 Å². The van der Waals surface area contributed by atoms with Gasteiger partial charge in [-0.25, -0.2) is 30.8 Å². The van der Waals surface area contributed by atoms with E-state index in [2.05, 4.69) is 15.6 Å². The molecule has 4 rings (SSSR count). The molecule has 0 radical (unpaired) electrons. The first-order valence-electron chi connectivity index (χ1n) is 13.7. The molecule has 0 bridgehead atoms. The highest BCUT2D eigenvalue weighted by molar-refractivity contribution is 7.88. The Morgan fingerprint density at radius 1 is 1.05 bits per heavy atom. The minimum atomic E-state index is -3.51. The second kappa shape index (κ2) is 14.3. The Hall–Kier alpha value is -3.88. The summed E-state index contributed by atoms with van der Waals surface area (Å²) in [7, 11) is -2.44. The Labute approximate surface area is 252 Å². The molecule has 3 atom stereocenters. The Morgan fingerprint density at radius 3 is 2.36 bits per heavy atom. The van der Waals surface area contributed by atoms with Crippen molar-refractivity contribution >= 4 is 21.9 Å². The number of piperazine rings is 1. The number of ether oxygens (including phenoxy) is 1. The van der Waals surface area contributed by atoms with Crippen LogP contribution in [0, 0.1) is 23.3 Å². The van der Waals surface area contributed by atoms with Crippen LogP contribution < -0.4 is 10.6 Å². The SMILES string of the molecule is COC(=O)N[C@H](C(=O)Cc1cncc(F)c1CC[C@H]1CNCCN1S(C)(=O)=O)[C@@H](c1ccc(F)cc1)c1cc(F)cc(F)c1. The maximum atomic E-state index is 15.1. The van der Waals surface area contributed by atoms with E-state index in [9.17, 15) is 31.2 Å². The molecular weight excluding hydrogens is 604 g/mol. The van der Waals surface area contributed by atoms with Gasteiger partial charge in [0.1, 0.15) is 29.3 Å². The largest absolute Gasteiger partial charge is 0.453 e. The first-order chi connectivity index (χ1) is 20.9. The quantitative estimate of drug-likeness (QED) is 0.310. The Bertz CT molecular complexity index is 1590. The van der Waals surface area contributed by atoms with Crippen molar-refractivity contribution in [1.82, 2.24) is 19.9 Å². The molecule has 236 valence electrons. The molecule has 1 aliphatic heterocycles. The molecule has 1 amide bonds.